The fourth-order valence-electron chi connectivity index (χ4n) is 3.64. The number of amides is 4. The number of rotatable bonds is 7. The summed E-state index contributed by atoms with van der Waals surface area (Å²) in [6.45, 7) is 5.67. The Kier molecular flexibility index (Phi) is 6.56. The summed E-state index contributed by atoms with van der Waals surface area (Å²) < 4.78 is 0. The van der Waals surface area contributed by atoms with Crippen LogP contribution in [-0.2, 0) is 11.3 Å². The maximum absolute atomic E-state index is 12.8. The van der Waals surface area contributed by atoms with Gasteiger partial charge in [0.1, 0.15) is 0 Å². The van der Waals surface area contributed by atoms with E-state index in [0.29, 0.717) is 29.4 Å². The maximum atomic E-state index is 12.8. The predicted molar refractivity (Wildman–Crippen MR) is 130 cm³/mol. The molecule has 0 saturated heterocycles. The first kappa shape index (κ1) is 23.3. The number of carbonyl (C=O) groups excluding carboxylic acids is 4. The lowest BCUT2D eigenvalue weighted by molar-refractivity contribution is -0.119. The zero-order valence-electron chi connectivity index (χ0n) is 19.0. The van der Waals surface area contributed by atoms with Gasteiger partial charge in [0, 0.05) is 36.0 Å². The number of anilines is 1. The van der Waals surface area contributed by atoms with Crippen molar-refractivity contribution in [3.05, 3.63) is 70.1 Å². The van der Waals surface area contributed by atoms with Gasteiger partial charge in [-0.25, -0.2) is 4.98 Å². The van der Waals surface area contributed by atoms with Crippen molar-refractivity contribution in [3.63, 3.8) is 0 Å². The van der Waals surface area contributed by atoms with Crippen LogP contribution in [0.5, 0.6) is 0 Å². The van der Waals surface area contributed by atoms with Crippen LogP contribution in [0.15, 0.2) is 47.8 Å². The molecule has 1 aromatic heterocycles. The molecule has 0 bridgehead atoms. The number of benzene rings is 2. The second kappa shape index (κ2) is 9.56. The van der Waals surface area contributed by atoms with Gasteiger partial charge in [0.05, 0.1) is 16.8 Å². The quantitative estimate of drug-likeness (QED) is 0.499. The van der Waals surface area contributed by atoms with Crippen molar-refractivity contribution >= 4 is 40.1 Å². The van der Waals surface area contributed by atoms with Gasteiger partial charge in [-0.15, -0.1) is 11.3 Å². The minimum absolute atomic E-state index is 0.0869. The SMILES string of the molecule is CCC(C)N1C(=O)c2ccc(C(=O)Nc3nc(-c4ccc(CNC(C)=O)cc4)cs3)cc2C1=O. The van der Waals surface area contributed by atoms with Crippen molar-refractivity contribution < 1.29 is 19.2 Å². The number of thiazole rings is 1. The third kappa shape index (κ3) is 4.60. The van der Waals surface area contributed by atoms with Crippen LogP contribution in [0.1, 0.15) is 63.8 Å². The highest BCUT2D eigenvalue weighted by Gasteiger charge is 2.38. The highest BCUT2D eigenvalue weighted by Crippen LogP contribution is 2.28. The molecular weight excluding hydrogens is 452 g/mol. The van der Waals surface area contributed by atoms with Gasteiger partial charge in [-0.05, 0) is 37.1 Å². The normalized spacial score (nSPS) is 13.6. The molecule has 4 rings (SSSR count). The van der Waals surface area contributed by atoms with Crippen LogP contribution in [-0.4, -0.2) is 39.6 Å². The van der Waals surface area contributed by atoms with Crippen molar-refractivity contribution in [2.45, 2.75) is 39.8 Å². The average molecular weight is 477 g/mol. The van der Waals surface area contributed by atoms with Gasteiger partial charge in [0.2, 0.25) is 5.91 Å². The Hall–Kier alpha value is -3.85. The van der Waals surface area contributed by atoms with Crippen molar-refractivity contribution in [3.8, 4) is 11.3 Å². The van der Waals surface area contributed by atoms with Gasteiger partial charge in [0.25, 0.3) is 17.7 Å². The number of carbonyl (C=O) groups is 4. The van der Waals surface area contributed by atoms with Crippen LogP contribution >= 0.6 is 11.3 Å². The second-order valence-corrected chi connectivity index (χ2v) is 8.95. The third-order valence-electron chi connectivity index (χ3n) is 5.73. The van der Waals surface area contributed by atoms with E-state index < -0.39 is 5.91 Å². The minimum Gasteiger partial charge on any atom is -0.352 e. The standard InChI is InChI=1S/C25H24N4O4S/c1-4-14(2)29-23(32)19-10-9-18(11-20(19)24(29)33)22(31)28-25-27-21(13-34-25)17-7-5-16(6-8-17)12-26-15(3)30/h5-11,13-14H,4,12H2,1-3H3,(H,26,30)(H,27,28,31). The summed E-state index contributed by atoms with van der Waals surface area (Å²) in [5.74, 6) is -1.19. The van der Waals surface area contributed by atoms with Crippen molar-refractivity contribution in [2.75, 3.05) is 5.32 Å². The largest absolute Gasteiger partial charge is 0.352 e. The third-order valence-corrected chi connectivity index (χ3v) is 6.49. The average Bonchev–Trinajstić information content (AvgIpc) is 3.39. The zero-order valence-corrected chi connectivity index (χ0v) is 19.9. The number of nitrogens with one attached hydrogen (secondary N) is 2. The van der Waals surface area contributed by atoms with E-state index in [1.165, 1.54) is 35.3 Å². The van der Waals surface area contributed by atoms with E-state index in [2.05, 4.69) is 15.6 Å². The summed E-state index contributed by atoms with van der Waals surface area (Å²) in [7, 11) is 0. The van der Waals surface area contributed by atoms with E-state index in [9.17, 15) is 19.2 Å². The number of fused-ring (bicyclic) bond motifs is 1. The molecule has 1 atom stereocenters. The topological polar surface area (TPSA) is 108 Å². The fourth-order valence-corrected chi connectivity index (χ4v) is 4.35. The molecule has 0 radical (unpaired) electrons. The molecule has 2 N–H and O–H groups in total. The molecule has 3 aromatic rings. The molecule has 0 aliphatic carbocycles. The molecule has 9 heteroatoms. The number of aromatic nitrogens is 1. The van der Waals surface area contributed by atoms with Gasteiger partial charge in [-0.2, -0.15) is 0 Å². The Balaban J connectivity index is 1.46. The van der Waals surface area contributed by atoms with Gasteiger partial charge in [0.15, 0.2) is 5.13 Å². The van der Waals surface area contributed by atoms with Crippen LogP contribution in [0.2, 0.25) is 0 Å². The lowest BCUT2D eigenvalue weighted by Gasteiger charge is -2.20. The highest BCUT2D eigenvalue weighted by molar-refractivity contribution is 7.14. The molecule has 0 spiro atoms. The van der Waals surface area contributed by atoms with Gasteiger partial charge >= 0.3 is 0 Å². The monoisotopic (exact) mass is 476 g/mol. The lowest BCUT2D eigenvalue weighted by atomic mass is 10.1. The summed E-state index contributed by atoms with van der Waals surface area (Å²) in [5.41, 5.74) is 3.42. The summed E-state index contributed by atoms with van der Waals surface area (Å²) in [4.78, 5) is 54.9. The highest BCUT2D eigenvalue weighted by atomic mass is 32.1. The molecule has 0 fully saturated rings. The Morgan fingerprint density at radius 3 is 2.44 bits per heavy atom. The van der Waals surface area contributed by atoms with E-state index in [0.717, 1.165) is 11.1 Å². The molecule has 1 aliphatic rings. The summed E-state index contributed by atoms with van der Waals surface area (Å²) in [5, 5.41) is 7.78. The molecule has 4 amide bonds. The molecule has 1 unspecified atom stereocenters. The predicted octanol–water partition coefficient (Wildman–Crippen LogP) is 4.09. The van der Waals surface area contributed by atoms with E-state index in [-0.39, 0.29) is 34.9 Å². The zero-order chi connectivity index (χ0) is 24.4. The Labute approximate surface area is 201 Å². The van der Waals surface area contributed by atoms with Gasteiger partial charge < -0.3 is 5.32 Å². The first-order valence-electron chi connectivity index (χ1n) is 10.9. The first-order chi connectivity index (χ1) is 16.3. The fraction of sp³-hybridized carbons (Fsp3) is 0.240. The number of nitrogens with zero attached hydrogens (tertiary/aromatic N) is 2. The Morgan fingerprint density at radius 2 is 1.76 bits per heavy atom. The number of hydrogen-bond acceptors (Lipinski definition) is 6. The lowest BCUT2D eigenvalue weighted by Crippen LogP contribution is -2.37. The second-order valence-electron chi connectivity index (χ2n) is 8.10. The smallest absolute Gasteiger partial charge is 0.261 e. The Bertz CT molecular complexity index is 1280. The summed E-state index contributed by atoms with van der Waals surface area (Å²) in [6.07, 6.45) is 0.656. The molecule has 1 aliphatic heterocycles. The molecule has 2 aromatic carbocycles. The van der Waals surface area contributed by atoms with Gasteiger partial charge in [-0.1, -0.05) is 31.2 Å². The molecule has 2 heterocycles. The van der Waals surface area contributed by atoms with Crippen LogP contribution in [0.25, 0.3) is 11.3 Å². The Morgan fingerprint density at radius 1 is 1.06 bits per heavy atom. The van der Waals surface area contributed by atoms with Gasteiger partial charge in [-0.3, -0.25) is 29.4 Å². The van der Waals surface area contributed by atoms with Crippen molar-refractivity contribution in [1.29, 1.82) is 0 Å². The minimum atomic E-state index is -0.406. The molecular formula is C25H24N4O4S. The van der Waals surface area contributed by atoms with Crippen LogP contribution in [0.3, 0.4) is 0 Å². The first-order valence-corrected chi connectivity index (χ1v) is 11.8. The van der Waals surface area contributed by atoms with E-state index >= 15 is 0 Å². The maximum Gasteiger partial charge on any atom is 0.261 e. The van der Waals surface area contributed by atoms with Crippen LogP contribution in [0.4, 0.5) is 5.13 Å². The summed E-state index contributed by atoms with van der Waals surface area (Å²) >= 11 is 1.29. The molecule has 0 saturated carbocycles. The molecule has 8 nitrogen and oxygen atoms in total. The number of hydrogen-bond donors (Lipinski definition) is 2. The number of imide groups is 1. The van der Waals surface area contributed by atoms with E-state index in [4.69, 9.17) is 0 Å². The van der Waals surface area contributed by atoms with Crippen molar-refractivity contribution in [1.82, 2.24) is 15.2 Å². The van der Waals surface area contributed by atoms with Crippen LogP contribution in [0, 0.1) is 0 Å². The van der Waals surface area contributed by atoms with E-state index in [1.54, 1.807) is 6.07 Å². The van der Waals surface area contributed by atoms with E-state index in [1.807, 2.05) is 43.5 Å². The van der Waals surface area contributed by atoms with Crippen LogP contribution < -0.4 is 10.6 Å². The van der Waals surface area contributed by atoms with Crippen molar-refractivity contribution in [2.24, 2.45) is 0 Å². The molecule has 174 valence electrons. The summed E-state index contributed by atoms with van der Waals surface area (Å²) in [6, 6.07) is 12.0. The molecule has 34 heavy (non-hydrogen) atoms.